The molecule has 2 N–H and O–H groups in total. The Hall–Kier alpha value is -1.87. The Morgan fingerprint density at radius 3 is 2.80 bits per heavy atom. The number of aliphatic hydroxyl groups excluding tert-OH is 1. The predicted molar refractivity (Wildman–Crippen MR) is 119 cm³/mol. The van der Waals surface area contributed by atoms with E-state index in [0.717, 1.165) is 36.8 Å². The molecule has 1 atom stereocenters. The third kappa shape index (κ3) is 6.31. The van der Waals surface area contributed by atoms with Crippen molar-refractivity contribution >= 4 is 17.7 Å². The number of hydrogen-bond donors (Lipinski definition) is 2. The number of β-amino-alcohol motifs (C(OH)–C–C–N with tert-alkyl or cyclic N) is 1. The normalized spacial score (nSPS) is 16.5. The number of likely N-dealkylation sites (tertiary alicyclic amines) is 1. The highest BCUT2D eigenvalue weighted by Crippen LogP contribution is 2.22. The van der Waals surface area contributed by atoms with E-state index in [0.29, 0.717) is 18.9 Å². The van der Waals surface area contributed by atoms with Crippen LogP contribution in [0.4, 0.5) is 0 Å². The molecule has 30 heavy (non-hydrogen) atoms. The van der Waals surface area contributed by atoms with Crippen LogP contribution in [0, 0.1) is 13.8 Å². The molecule has 2 aromatic rings. The van der Waals surface area contributed by atoms with E-state index < -0.39 is 6.10 Å². The van der Waals surface area contributed by atoms with Crippen LogP contribution in [0.3, 0.4) is 0 Å². The van der Waals surface area contributed by atoms with Gasteiger partial charge < -0.3 is 20.1 Å². The number of benzene rings is 1. The highest BCUT2D eigenvalue weighted by atomic mass is 32.2. The number of rotatable bonds is 9. The quantitative estimate of drug-likeness (QED) is 0.591. The van der Waals surface area contributed by atoms with Gasteiger partial charge in [-0.2, -0.15) is 0 Å². The van der Waals surface area contributed by atoms with E-state index in [1.54, 1.807) is 13.3 Å². The van der Waals surface area contributed by atoms with Crippen molar-refractivity contribution in [2.75, 3.05) is 39.1 Å². The highest BCUT2D eigenvalue weighted by Gasteiger charge is 2.22. The van der Waals surface area contributed by atoms with E-state index in [4.69, 9.17) is 4.74 Å². The Kier molecular flexibility index (Phi) is 8.32. The van der Waals surface area contributed by atoms with Gasteiger partial charge in [-0.15, -0.1) is 0 Å². The summed E-state index contributed by atoms with van der Waals surface area (Å²) in [5.74, 6) is 0.377. The third-order valence-electron chi connectivity index (χ3n) is 5.49. The molecular weight excluding hydrogens is 400 g/mol. The molecule has 1 fully saturated rings. The predicted octanol–water partition coefficient (Wildman–Crippen LogP) is 2.17. The molecule has 0 bridgehead atoms. The number of methoxy groups -OCH3 is 1. The number of carbonyl (C=O) groups is 1. The van der Waals surface area contributed by atoms with E-state index in [9.17, 15) is 9.90 Å². The van der Waals surface area contributed by atoms with E-state index in [1.807, 2.05) is 10.8 Å². The monoisotopic (exact) mass is 432 g/mol. The van der Waals surface area contributed by atoms with Crippen molar-refractivity contribution in [2.45, 2.75) is 44.0 Å². The first-order valence-electron chi connectivity index (χ1n) is 10.4. The number of thioether (sulfide) groups is 1. The first kappa shape index (κ1) is 22.8. The Bertz CT molecular complexity index is 834. The summed E-state index contributed by atoms with van der Waals surface area (Å²) < 4.78 is 7.00. The van der Waals surface area contributed by atoms with Crippen LogP contribution in [-0.4, -0.2) is 76.7 Å². The lowest BCUT2D eigenvalue weighted by molar-refractivity contribution is -0.119. The number of imidazole rings is 1. The maximum Gasteiger partial charge on any atom is 0.230 e. The molecule has 0 aliphatic carbocycles. The Balaban J connectivity index is 1.45. The molecule has 0 radical (unpaired) electrons. The minimum atomic E-state index is -0.460. The van der Waals surface area contributed by atoms with Gasteiger partial charge in [0.05, 0.1) is 18.5 Å². The number of hydrogen-bond acceptors (Lipinski definition) is 6. The molecule has 164 valence electrons. The fourth-order valence-electron chi connectivity index (χ4n) is 3.67. The topological polar surface area (TPSA) is 79.6 Å². The molecule has 1 amide bonds. The van der Waals surface area contributed by atoms with E-state index in [-0.39, 0.29) is 11.9 Å². The van der Waals surface area contributed by atoms with E-state index >= 15 is 0 Å². The number of aromatic nitrogens is 2. The van der Waals surface area contributed by atoms with Crippen molar-refractivity contribution in [1.82, 2.24) is 19.8 Å². The van der Waals surface area contributed by atoms with Gasteiger partial charge in [-0.1, -0.05) is 17.8 Å². The van der Waals surface area contributed by atoms with Crippen molar-refractivity contribution in [2.24, 2.45) is 0 Å². The molecule has 1 aromatic carbocycles. The van der Waals surface area contributed by atoms with Gasteiger partial charge in [0.15, 0.2) is 5.16 Å². The fraction of sp³-hybridized carbons (Fsp3) is 0.545. The van der Waals surface area contributed by atoms with Crippen LogP contribution in [0.25, 0.3) is 5.69 Å². The van der Waals surface area contributed by atoms with Gasteiger partial charge in [0.1, 0.15) is 0 Å². The second-order valence-corrected chi connectivity index (χ2v) is 8.83. The average Bonchev–Trinajstić information content (AvgIpc) is 3.19. The summed E-state index contributed by atoms with van der Waals surface area (Å²) in [5.41, 5.74) is 3.55. The van der Waals surface area contributed by atoms with Crippen molar-refractivity contribution < 1.29 is 14.6 Å². The summed E-state index contributed by atoms with van der Waals surface area (Å²) in [6.45, 7) is 6.91. The van der Waals surface area contributed by atoms with Crippen LogP contribution in [0.2, 0.25) is 0 Å². The van der Waals surface area contributed by atoms with E-state index in [1.165, 1.54) is 22.9 Å². The zero-order valence-electron chi connectivity index (χ0n) is 18.0. The summed E-state index contributed by atoms with van der Waals surface area (Å²) in [7, 11) is 1.59. The zero-order chi connectivity index (χ0) is 21.5. The van der Waals surface area contributed by atoms with Crippen molar-refractivity contribution in [3.05, 3.63) is 41.7 Å². The zero-order valence-corrected chi connectivity index (χ0v) is 18.8. The lowest BCUT2D eigenvalue weighted by atomic mass is 10.0. The van der Waals surface area contributed by atoms with Crippen LogP contribution in [0.15, 0.2) is 35.7 Å². The highest BCUT2D eigenvalue weighted by molar-refractivity contribution is 7.99. The van der Waals surface area contributed by atoms with Crippen molar-refractivity contribution in [3.8, 4) is 5.69 Å². The van der Waals surface area contributed by atoms with Gasteiger partial charge in [0, 0.05) is 50.9 Å². The van der Waals surface area contributed by atoms with Gasteiger partial charge in [-0.05, 0) is 49.9 Å². The first-order valence-corrected chi connectivity index (χ1v) is 11.4. The fourth-order valence-corrected chi connectivity index (χ4v) is 4.46. The number of carbonyl (C=O) groups excluding carboxylic acids is 1. The molecule has 1 aromatic heterocycles. The van der Waals surface area contributed by atoms with Crippen LogP contribution >= 0.6 is 11.8 Å². The Morgan fingerprint density at radius 2 is 2.10 bits per heavy atom. The maximum atomic E-state index is 12.5. The van der Waals surface area contributed by atoms with Crippen LogP contribution in [0.1, 0.15) is 24.0 Å². The molecule has 0 spiro atoms. The van der Waals surface area contributed by atoms with Crippen molar-refractivity contribution in [3.63, 3.8) is 0 Å². The molecule has 3 rings (SSSR count). The standard InChI is InChI=1S/C22H32N4O3S/c1-16-4-5-19(12-17(16)2)26-11-8-23-22(26)30-15-21(28)24-18-6-9-25(10-7-18)13-20(27)14-29-3/h4-5,8,11-12,18,20,27H,6-7,9-10,13-15H2,1-3H3,(H,24,28). The number of aryl methyl sites for hydroxylation is 2. The summed E-state index contributed by atoms with van der Waals surface area (Å²) in [5, 5.41) is 13.8. The third-order valence-corrected chi connectivity index (χ3v) is 6.46. The SMILES string of the molecule is COCC(O)CN1CCC(NC(=O)CSc2nccn2-c2ccc(C)c(C)c2)CC1. The molecular formula is C22H32N4O3S. The minimum Gasteiger partial charge on any atom is -0.389 e. The van der Waals surface area contributed by atoms with Gasteiger partial charge >= 0.3 is 0 Å². The molecule has 1 aliphatic rings. The number of amides is 1. The number of piperidine rings is 1. The molecule has 1 aliphatic heterocycles. The van der Waals surface area contributed by atoms with Crippen LogP contribution < -0.4 is 5.32 Å². The summed E-state index contributed by atoms with van der Waals surface area (Å²) >= 11 is 1.45. The molecule has 1 unspecified atom stereocenters. The van der Waals surface area contributed by atoms with Gasteiger partial charge in [-0.3, -0.25) is 9.36 Å². The molecule has 7 nitrogen and oxygen atoms in total. The largest absolute Gasteiger partial charge is 0.389 e. The minimum absolute atomic E-state index is 0.0347. The maximum absolute atomic E-state index is 12.5. The van der Waals surface area contributed by atoms with Gasteiger partial charge in [0.25, 0.3) is 0 Å². The number of aliphatic hydroxyl groups is 1. The summed E-state index contributed by atoms with van der Waals surface area (Å²) in [6, 6.07) is 6.50. The summed E-state index contributed by atoms with van der Waals surface area (Å²) in [4.78, 5) is 19.1. The van der Waals surface area contributed by atoms with Gasteiger partial charge in [0.2, 0.25) is 5.91 Å². The number of ether oxygens (including phenoxy) is 1. The first-order chi connectivity index (χ1) is 14.5. The molecule has 0 saturated carbocycles. The molecule has 1 saturated heterocycles. The number of nitrogens with zero attached hydrogens (tertiary/aromatic N) is 3. The van der Waals surface area contributed by atoms with Crippen LogP contribution in [0.5, 0.6) is 0 Å². The second-order valence-electron chi connectivity index (χ2n) is 7.89. The molecule has 2 heterocycles. The molecule has 8 heteroatoms. The second kappa shape index (κ2) is 10.9. The van der Waals surface area contributed by atoms with E-state index in [2.05, 4.69) is 47.2 Å². The number of nitrogens with one attached hydrogen (secondary N) is 1. The van der Waals surface area contributed by atoms with Gasteiger partial charge in [-0.25, -0.2) is 4.98 Å². The Morgan fingerprint density at radius 1 is 1.33 bits per heavy atom. The lowest BCUT2D eigenvalue weighted by Crippen LogP contribution is -2.47. The van der Waals surface area contributed by atoms with Crippen LogP contribution in [-0.2, 0) is 9.53 Å². The lowest BCUT2D eigenvalue weighted by Gasteiger charge is -2.33. The average molecular weight is 433 g/mol. The Labute approximate surface area is 182 Å². The smallest absolute Gasteiger partial charge is 0.230 e. The summed E-state index contributed by atoms with van der Waals surface area (Å²) in [6.07, 6.45) is 5.03. The van der Waals surface area contributed by atoms with Crippen molar-refractivity contribution in [1.29, 1.82) is 0 Å².